The molecule has 1 fully saturated rings. The van der Waals surface area contributed by atoms with Gasteiger partial charge < -0.3 is 10.6 Å². The lowest BCUT2D eigenvalue weighted by molar-refractivity contribution is -0.121. The zero-order chi connectivity index (χ0) is 14.9. The van der Waals surface area contributed by atoms with Crippen LogP contribution in [0.3, 0.4) is 0 Å². The first-order valence-corrected chi connectivity index (χ1v) is 7.44. The number of halogens is 2. The van der Waals surface area contributed by atoms with E-state index >= 15 is 0 Å². The van der Waals surface area contributed by atoms with E-state index in [-0.39, 0.29) is 22.5 Å². The van der Waals surface area contributed by atoms with Crippen molar-refractivity contribution in [1.29, 1.82) is 0 Å². The summed E-state index contributed by atoms with van der Waals surface area (Å²) in [5.74, 6) is -0.0798. The second-order valence-electron chi connectivity index (χ2n) is 5.90. The maximum Gasteiger partial charge on any atom is 0.242 e. The minimum absolute atomic E-state index is 0.0798. The van der Waals surface area contributed by atoms with Crippen LogP contribution in [-0.4, -0.2) is 23.5 Å². The van der Waals surface area contributed by atoms with Crippen molar-refractivity contribution in [2.24, 2.45) is 5.41 Å². The molecule has 0 aromatic carbocycles. The van der Waals surface area contributed by atoms with Gasteiger partial charge in [-0.3, -0.25) is 4.79 Å². The van der Waals surface area contributed by atoms with Gasteiger partial charge >= 0.3 is 0 Å². The van der Waals surface area contributed by atoms with Gasteiger partial charge in [-0.25, -0.2) is 4.98 Å². The Kier molecular flexibility index (Phi) is 4.57. The summed E-state index contributed by atoms with van der Waals surface area (Å²) in [6, 6.07) is 1.45. The highest BCUT2D eigenvalue weighted by atomic mass is 35.5. The molecule has 1 unspecified atom stereocenters. The molecule has 1 aliphatic rings. The van der Waals surface area contributed by atoms with Crippen molar-refractivity contribution < 1.29 is 4.79 Å². The number of carbonyl (C=O) groups is 1. The first kappa shape index (κ1) is 15.5. The number of carbonyl (C=O) groups excluding carboxylic acids is 1. The molecule has 4 nitrogen and oxygen atoms in total. The molecule has 2 N–H and O–H groups in total. The number of piperidine rings is 1. The van der Waals surface area contributed by atoms with Gasteiger partial charge in [0.2, 0.25) is 5.91 Å². The average Bonchev–Trinajstić information content (AvgIpc) is 2.32. The molecule has 1 aromatic rings. The predicted molar refractivity (Wildman–Crippen MR) is 82.4 cm³/mol. The van der Waals surface area contributed by atoms with Crippen LogP contribution < -0.4 is 10.6 Å². The summed E-state index contributed by atoms with van der Waals surface area (Å²) in [5, 5.41) is 6.69. The number of anilines is 1. The maximum atomic E-state index is 12.5. The Bertz CT molecular complexity index is 508. The lowest BCUT2D eigenvalue weighted by Crippen LogP contribution is -2.53. The second-order valence-corrected chi connectivity index (χ2v) is 6.64. The van der Waals surface area contributed by atoms with Gasteiger partial charge in [0, 0.05) is 0 Å². The number of nitrogens with zero attached hydrogens (tertiary/aromatic N) is 1. The molecule has 1 aromatic heterocycles. The smallest absolute Gasteiger partial charge is 0.242 e. The molecular formula is C14H19Cl2N3O. The molecule has 110 valence electrons. The molecule has 0 saturated carbocycles. The van der Waals surface area contributed by atoms with E-state index in [1.165, 1.54) is 0 Å². The quantitative estimate of drug-likeness (QED) is 0.822. The molecule has 0 aliphatic carbocycles. The molecule has 0 radical (unpaired) electrons. The predicted octanol–water partition coefficient (Wildman–Crippen LogP) is 3.41. The fraction of sp³-hybridized carbons (Fsp3) is 0.571. The number of hydrogen-bond donors (Lipinski definition) is 2. The standard InChI is InChI=1S/C14H19Cl2N3O/c1-8-7-9(15)18-12(16)10(8)19-13(20)11-14(2,3)5-4-6-17-11/h7,11,17H,4-6H2,1-3H3,(H,19,20). The Morgan fingerprint density at radius 1 is 1.50 bits per heavy atom. The minimum Gasteiger partial charge on any atom is -0.322 e. The Labute approximate surface area is 129 Å². The largest absolute Gasteiger partial charge is 0.322 e. The molecule has 2 rings (SSSR count). The first-order valence-electron chi connectivity index (χ1n) is 6.68. The number of pyridine rings is 1. The Hall–Kier alpha value is -0.840. The Morgan fingerprint density at radius 3 is 2.80 bits per heavy atom. The van der Waals surface area contributed by atoms with Crippen LogP contribution in [0.5, 0.6) is 0 Å². The summed E-state index contributed by atoms with van der Waals surface area (Å²) >= 11 is 11.9. The summed E-state index contributed by atoms with van der Waals surface area (Å²) in [6.07, 6.45) is 2.10. The molecule has 2 heterocycles. The number of nitrogens with one attached hydrogen (secondary N) is 2. The van der Waals surface area contributed by atoms with Gasteiger partial charge in [0.25, 0.3) is 0 Å². The number of amides is 1. The SMILES string of the molecule is Cc1cc(Cl)nc(Cl)c1NC(=O)C1NCCCC1(C)C. The normalized spacial score (nSPS) is 21.6. The third-order valence-corrected chi connectivity index (χ3v) is 4.25. The summed E-state index contributed by atoms with van der Waals surface area (Å²) in [4.78, 5) is 16.4. The van der Waals surface area contributed by atoms with Gasteiger partial charge in [0.1, 0.15) is 5.15 Å². The third kappa shape index (κ3) is 3.25. The van der Waals surface area contributed by atoms with Gasteiger partial charge in [-0.15, -0.1) is 0 Å². The zero-order valence-corrected chi connectivity index (χ0v) is 13.4. The average molecular weight is 316 g/mol. The minimum atomic E-state index is -0.234. The molecule has 0 bridgehead atoms. The van der Waals surface area contributed by atoms with Crippen LogP contribution in [0.2, 0.25) is 10.3 Å². The highest BCUT2D eigenvalue weighted by Gasteiger charge is 2.37. The van der Waals surface area contributed by atoms with E-state index in [1.54, 1.807) is 6.07 Å². The monoisotopic (exact) mass is 315 g/mol. The van der Waals surface area contributed by atoms with Crippen molar-refractivity contribution in [2.75, 3.05) is 11.9 Å². The van der Waals surface area contributed by atoms with Gasteiger partial charge in [0.05, 0.1) is 11.7 Å². The van der Waals surface area contributed by atoms with E-state index in [0.717, 1.165) is 24.9 Å². The fourth-order valence-electron chi connectivity index (χ4n) is 2.60. The lowest BCUT2D eigenvalue weighted by atomic mass is 9.77. The van der Waals surface area contributed by atoms with E-state index in [1.807, 2.05) is 6.92 Å². The Morgan fingerprint density at radius 2 is 2.20 bits per heavy atom. The van der Waals surface area contributed by atoms with Crippen LogP contribution in [0.1, 0.15) is 32.3 Å². The molecule has 1 atom stereocenters. The van der Waals surface area contributed by atoms with E-state index in [0.29, 0.717) is 10.8 Å². The van der Waals surface area contributed by atoms with Crippen LogP contribution in [-0.2, 0) is 4.79 Å². The lowest BCUT2D eigenvalue weighted by Gasteiger charge is -2.38. The van der Waals surface area contributed by atoms with Crippen LogP contribution in [0.4, 0.5) is 5.69 Å². The highest BCUT2D eigenvalue weighted by molar-refractivity contribution is 6.34. The topological polar surface area (TPSA) is 54.0 Å². The first-order chi connectivity index (χ1) is 9.31. The molecular weight excluding hydrogens is 297 g/mol. The van der Waals surface area contributed by atoms with Crippen molar-refractivity contribution in [3.63, 3.8) is 0 Å². The van der Waals surface area contributed by atoms with Crippen molar-refractivity contribution in [2.45, 2.75) is 39.7 Å². The summed E-state index contributed by atoms with van der Waals surface area (Å²) in [6.45, 7) is 6.89. The van der Waals surface area contributed by atoms with Gasteiger partial charge in [-0.1, -0.05) is 37.0 Å². The van der Waals surface area contributed by atoms with Crippen molar-refractivity contribution >= 4 is 34.8 Å². The van der Waals surface area contributed by atoms with Gasteiger partial charge in [-0.05, 0) is 43.4 Å². The van der Waals surface area contributed by atoms with E-state index < -0.39 is 0 Å². The summed E-state index contributed by atoms with van der Waals surface area (Å²) in [7, 11) is 0. The zero-order valence-electron chi connectivity index (χ0n) is 11.9. The highest BCUT2D eigenvalue weighted by Crippen LogP contribution is 2.32. The van der Waals surface area contributed by atoms with Crippen LogP contribution in [0.15, 0.2) is 6.07 Å². The molecule has 0 spiro atoms. The van der Waals surface area contributed by atoms with Gasteiger partial charge in [-0.2, -0.15) is 0 Å². The number of rotatable bonds is 2. The second kappa shape index (κ2) is 5.88. The van der Waals surface area contributed by atoms with Crippen molar-refractivity contribution in [1.82, 2.24) is 10.3 Å². The van der Waals surface area contributed by atoms with Gasteiger partial charge in [0.15, 0.2) is 5.15 Å². The van der Waals surface area contributed by atoms with Crippen LogP contribution in [0, 0.1) is 12.3 Å². The van der Waals surface area contributed by atoms with Crippen molar-refractivity contribution in [3.05, 3.63) is 21.9 Å². The van der Waals surface area contributed by atoms with Crippen LogP contribution >= 0.6 is 23.2 Å². The Balaban J connectivity index is 2.20. The van der Waals surface area contributed by atoms with Crippen LogP contribution in [0.25, 0.3) is 0 Å². The molecule has 20 heavy (non-hydrogen) atoms. The summed E-state index contributed by atoms with van der Waals surface area (Å²) < 4.78 is 0. The van der Waals surface area contributed by atoms with E-state index in [9.17, 15) is 4.79 Å². The molecule has 1 aliphatic heterocycles. The van der Waals surface area contributed by atoms with E-state index in [4.69, 9.17) is 23.2 Å². The fourth-order valence-corrected chi connectivity index (χ4v) is 3.18. The molecule has 6 heteroatoms. The molecule has 1 saturated heterocycles. The number of aromatic nitrogens is 1. The summed E-state index contributed by atoms with van der Waals surface area (Å²) in [5.41, 5.74) is 1.25. The van der Waals surface area contributed by atoms with E-state index in [2.05, 4.69) is 29.5 Å². The van der Waals surface area contributed by atoms with Crippen molar-refractivity contribution in [3.8, 4) is 0 Å². The number of aryl methyl sites for hydroxylation is 1. The number of hydrogen-bond acceptors (Lipinski definition) is 3. The third-order valence-electron chi connectivity index (χ3n) is 3.78. The maximum absolute atomic E-state index is 12.5. The molecule has 1 amide bonds.